The second kappa shape index (κ2) is 10.1. The molecule has 0 amide bonds. The fraction of sp³-hybridized carbons (Fsp3) is 0.611. The van der Waals surface area contributed by atoms with Gasteiger partial charge in [0, 0.05) is 24.8 Å². The Bertz CT molecular complexity index is 502. The van der Waals surface area contributed by atoms with Gasteiger partial charge < -0.3 is 16.0 Å². The molecule has 1 saturated heterocycles. The maximum atomic E-state index is 6.03. The minimum absolute atomic E-state index is 0. The van der Waals surface area contributed by atoms with Gasteiger partial charge in [0.25, 0.3) is 0 Å². The van der Waals surface area contributed by atoms with E-state index < -0.39 is 0 Å². The first kappa shape index (κ1) is 20.2. The minimum atomic E-state index is 0. The fourth-order valence-electron chi connectivity index (χ4n) is 3.00. The van der Waals surface area contributed by atoms with Gasteiger partial charge >= 0.3 is 0 Å². The maximum Gasteiger partial charge on any atom is 0.193 e. The number of guanidine groups is 1. The van der Waals surface area contributed by atoms with E-state index in [4.69, 9.17) is 5.73 Å². The van der Waals surface area contributed by atoms with Crippen molar-refractivity contribution in [1.82, 2.24) is 4.90 Å². The van der Waals surface area contributed by atoms with Gasteiger partial charge in [0.15, 0.2) is 5.96 Å². The molecular formula is C18H31IN4. The number of hydrogen-bond acceptors (Lipinski definition) is 2. The smallest absolute Gasteiger partial charge is 0.193 e. The van der Waals surface area contributed by atoms with Crippen LogP contribution in [0.5, 0.6) is 0 Å². The highest BCUT2D eigenvalue weighted by Gasteiger charge is 2.21. The standard InChI is InChI=1S/C18H30N4.HI/c1-4-15-7-5-9-17(11-15)21-18(19)20-12-16-8-6-10-22(13-16)14(2)3;/h5,7,9,11,14,16H,4,6,8,10,12-13H2,1-3H3,(H3,19,20,21);1H. The number of nitrogens with zero attached hydrogens (tertiary/aromatic N) is 2. The van der Waals surface area contributed by atoms with Crippen LogP contribution in [0, 0.1) is 5.92 Å². The molecule has 0 radical (unpaired) electrons. The fourth-order valence-corrected chi connectivity index (χ4v) is 3.00. The number of piperidine rings is 1. The number of halogens is 1. The summed E-state index contributed by atoms with van der Waals surface area (Å²) in [6, 6.07) is 8.96. The van der Waals surface area contributed by atoms with E-state index in [2.05, 4.69) is 54.2 Å². The van der Waals surface area contributed by atoms with E-state index in [1.165, 1.54) is 24.9 Å². The number of nitrogens with two attached hydrogens (primary N) is 1. The van der Waals surface area contributed by atoms with Crippen LogP contribution in [0.1, 0.15) is 39.2 Å². The Morgan fingerprint density at radius 1 is 1.43 bits per heavy atom. The van der Waals surface area contributed by atoms with Crippen LogP contribution in [0.15, 0.2) is 29.3 Å². The van der Waals surface area contributed by atoms with Crippen LogP contribution < -0.4 is 11.1 Å². The average Bonchev–Trinajstić information content (AvgIpc) is 2.53. The Morgan fingerprint density at radius 2 is 2.22 bits per heavy atom. The van der Waals surface area contributed by atoms with Gasteiger partial charge in [-0.2, -0.15) is 0 Å². The highest BCUT2D eigenvalue weighted by molar-refractivity contribution is 14.0. The first-order valence-corrected chi connectivity index (χ1v) is 8.48. The van der Waals surface area contributed by atoms with Crippen molar-refractivity contribution in [2.45, 2.75) is 46.1 Å². The summed E-state index contributed by atoms with van der Waals surface area (Å²) in [6.07, 6.45) is 3.55. The highest BCUT2D eigenvalue weighted by Crippen LogP contribution is 2.18. The number of hydrogen-bond donors (Lipinski definition) is 2. The molecule has 1 aromatic rings. The first-order valence-electron chi connectivity index (χ1n) is 8.48. The number of nitrogens with one attached hydrogen (secondary N) is 1. The number of aryl methyl sites for hydroxylation is 1. The zero-order valence-electron chi connectivity index (χ0n) is 14.6. The summed E-state index contributed by atoms with van der Waals surface area (Å²) in [5.74, 6) is 1.15. The van der Waals surface area contributed by atoms with Crippen molar-refractivity contribution in [1.29, 1.82) is 0 Å². The maximum absolute atomic E-state index is 6.03. The Morgan fingerprint density at radius 3 is 2.91 bits per heavy atom. The SMILES string of the molecule is CCc1cccc(NC(N)=NCC2CCCN(C(C)C)C2)c1.I. The molecule has 1 aromatic carbocycles. The van der Waals surface area contributed by atoms with Crippen molar-refractivity contribution < 1.29 is 0 Å². The third-order valence-electron chi connectivity index (χ3n) is 4.41. The van der Waals surface area contributed by atoms with Crippen molar-refractivity contribution >= 4 is 35.6 Å². The topological polar surface area (TPSA) is 53.6 Å². The van der Waals surface area contributed by atoms with Crippen LogP contribution in [0.2, 0.25) is 0 Å². The minimum Gasteiger partial charge on any atom is -0.370 e. The molecule has 1 aliphatic heterocycles. The van der Waals surface area contributed by atoms with Crippen molar-refractivity contribution in [3.05, 3.63) is 29.8 Å². The van der Waals surface area contributed by atoms with Crippen LogP contribution in [0.4, 0.5) is 5.69 Å². The summed E-state index contributed by atoms with van der Waals surface area (Å²) < 4.78 is 0. The van der Waals surface area contributed by atoms with Crippen molar-refractivity contribution in [3.63, 3.8) is 0 Å². The third-order valence-corrected chi connectivity index (χ3v) is 4.41. The van der Waals surface area contributed by atoms with E-state index >= 15 is 0 Å². The third kappa shape index (κ3) is 6.67. The van der Waals surface area contributed by atoms with Crippen LogP contribution in [-0.2, 0) is 6.42 Å². The Balaban J connectivity index is 0.00000264. The summed E-state index contributed by atoms with van der Waals surface area (Å²) in [4.78, 5) is 7.09. The number of likely N-dealkylation sites (tertiary alicyclic amines) is 1. The number of benzene rings is 1. The molecule has 0 bridgehead atoms. The average molecular weight is 430 g/mol. The van der Waals surface area contributed by atoms with Crippen LogP contribution in [0.25, 0.3) is 0 Å². The van der Waals surface area contributed by atoms with Gasteiger partial charge in [-0.05, 0) is 63.3 Å². The quantitative estimate of drug-likeness (QED) is 0.426. The summed E-state index contributed by atoms with van der Waals surface area (Å²) >= 11 is 0. The van der Waals surface area contributed by atoms with Gasteiger partial charge in [-0.1, -0.05) is 19.1 Å². The van der Waals surface area contributed by atoms with Crippen molar-refractivity contribution in [2.24, 2.45) is 16.6 Å². The molecule has 0 spiro atoms. The van der Waals surface area contributed by atoms with Crippen LogP contribution >= 0.6 is 24.0 Å². The number of aliphatic imine (C=N–C) groups is 1. The zero-order valence-corrected chi connectivity index (χ0v) is 16.9. The van der Waals surface area contributed by atoms with Gasteiger partial charge in [-0.25, -0.2) is 0 Å². The van der Waals surface area contributed by atoms with E-state index in [0.717, 1.165) is 25.2 Å². The molecule has 3 N–H and O–H groups in total. The summed E-state index contributed by atoms with van der Waals surface area (Å²) in [7, 11) is 0. The molecule has 0 aromatic heterocycles. The lowest BCUT2D eigenvalue weighted by atomic mass is 9.97. The molecule has 2 rings (SSSR count). The molecule has 5 heteroatoms. The summed E-state index contributed by atoms with van der Waals surface area (Å²) in [6.45, 7) is 9.86. The molecule has 23 heavy (non-hydrogen) atoms. The van der Waals surface area contributed by atoms with Gasteiger partial charge in [-0.3, -0.25) is 4.99 Å². The highest BCUT2D eigenvalue weighted by atomic mass is 127. The molecule has 1 aliphatic rings. The molecule has 0 aliphatic carbocycles. The molecular weight excluding hydrogens is 399 g/mol. The lowest BCUT2D eigenvalue weighted by Gasteiger charge is -2.34. The predicted octanol–water partition coefficient (Wildman–Crippen LogP) is 3.71. The Kier molecular flexibility index (Phi) is 8.91. The molecule has 0 saturated carbocycles. The van der Waals surface area contributed by atoms with E-state index in [9.17, 15) is 0 Å². The second-order valence-electron chi connectivity index (χ2n) is 6.50. The van der Waals surface area contributed by atoms with Gasteiger partial charge in [0.2, 0.25) is 0 Å². The number of rotatable bonds is 5. The second-order valence-corrected chi connectivity index (χ2v) is 6.50. The van der Waals surface area contributed by atoms with Gasteiger partial charge in [0.05, 0.1) is 0 Å². The molecule has 4 nitrogen and oxygen atoms in total. The lowest BCUT2D eigenvalue weighted by molar-refractivity contribution is 0.143. The summed E-state index contributed by atoms with van der Waals surface area (Å²) in [5.41, 5.74) is 8.36. The molecule has 1 heterocycles. The lowest BCUT2D eigenvalue weighted by Crippen LogP contribution is -2.41. The van der Waals surface area contributed by atoms with Gasteiger partial charge in [-0.15, -0.1) is 24.0 Å². The molecule has 1 unspecified atom stereocenters. The van der Waals surface area contributed by atoms with Crippen molar-refractivity contribution in [2.75, 3.05) is 25.0 Å². The molecule has 130 valence electrons. The van der Waals surface area contributed by atoms with E-state index in [0.29, 0.717) is 17.9 Å². The van der Waals surface area contributed by atoms with Crippen LogP contribution in [0.3, 0.4) is 0 Å². The summed E-state index contributed by atoms with van der Waals surface area (Å²) in [5, 5.41) is 3.20. The van der Waals surface area contributed by atoms with E-state index in [-0.39, 0.29) is 24.0 Å². The normalized spacial score (nSPS) is 19.5. The Hall–Kier alpha value is -0.820. The van der Waals surface area contributed by atoms with Crippen molar-refractivity contribution in [3.8, 4) is 0 Å². The monoisotopic (exact) mass is 430 g/mol. The van der Waals surface area contributed by atoms with Gasteiger partial charge in [0.1, 0.15) is 0 Å². The zero-order chi connectivity index (χ0) is 15.9. The Labute approximate surface area is 157 Å². The first-order chi connectivity index (χ1) is 10.6. The largest absolute Gasteiger partial charge is 0.370 e. The number of anilines is 1. The van der Waals surface area contributed by atoms with E-state index in [1.807, 2.05) is 6.07 Å². The predicted molar refractivity (Wildman–Crippen MR) is 111 cm³/mol. The van der Waals surface area contributed by atoms with Crippen LogP contribution in [-0.4, -0.2) is 36.5 Å². The molecule has 1 fully saturated rings. The molecule has 1 atom stereocenters. The van der Waals surface area contributed by atoms with E-state index in [1.54, 1.807) is 0 Å².